The van der Waals surface area contributed by atoms with Crippen molar-refractivity contribution in [3.63, 3.8) is 0 Å². The predicted molar refractivity (Wildman–Crippen MR) is 106 cm³/mol. The Morgan fingerprint density at radius 3 is 2.76 bits per heavy atom. The maximum Gasteiger partial charge on any atom is 0.192 e. The van der Waals surface area contributed by atoms with Crippen LogP contribution in [0.25, 0.3) is 10.4 Å². The van der Waals surface area contributed by atoms with Crippen LogP contribution in [0.4, 0.5) is 0 Å². The molecule has 0 bridgehead atoms. The number of benzene rings is 1. The molecule has 1 aromatic carbocycles. The molecule has 25 heavy (non-hydrogen) atoms. The third kappa shape index (κ3) is 3.48. The highest BCUT2D eigenvalue weighted by Gasteiger charge is 2.53. The van der Waals surface area contributed by atoms with Crippen molar-refractivity contribution in [2.75, 3.05) is 13.2 Å². The highest BCUT2D eigenvalue weighted by atomic mass is 35.5. The van der Waals surface area contributed by atoms with E-state index in [0.29, 0.717) is 25.0 Å². The van der Waals surface area contributed by atoms with E-state index in [9.17, 15) is 0 Å². The van der Waals surface area contributed by atoms with Gasteiger partial charge < -0.3 is 4.43 Å². The lowest BCUT2D eigenvalue weighted by molar-refractivity contribution is 0.180. The molecule has 0 spiro atoms. The molecule has 1 fully saturated rings. The summed E-state index contributed by atoms with van der Waals surface area (Å²) in [6, 6.07) is 6.20. The molecule has 2 aliphatic rings. The van der Waals surface area contributed by atoms with E-state index in [1.165, 1.54) is 17.5 Å². The summed E-state index contributed by atoms with van der Waals surface area (Å²) in [6.45, 7) is 12.4. The van der Waals surface area contributed by atoms with Gasteiger partial charge in [0.2, 0.25) is 0 Å². The van der Waals surface area contributed by atoms with Crippen molar-refractivity contribution in [1.82, 2.24) is 0 Å². The minimum atomic E-state index is -1.88. The van der Waals surface area contributed by atoms with Gasteiger partial charge in [0.05, 0.1) is 0 Å². The molecular formula is C19H28ClN3OSi. The van der Waals surface area contributed by atoms with Gasteiger partial charge in [-0.3, -0.25) is 0 Å². The second-order valence-corrected chi connectivity index (χ2v) is 14.5. The molecule has 2 aliphatic carbocycles. The minimum Gasteiger partial charge on any atom is -0.416 e. The zero-order valence-electron chi connectivity index (χ0n) is 15.8. The lowest BCUT2D eigenvalue weighted by atomic mass is 9.70. The van der Waals surface area contributed by atoms with Crippen LogP contribution in [0.3, 0.4) is 0 Å². The van der Waals surface area contributed by atoms with E-state index in [1.807, 2.05) is 6.07 Å². The number of fused-ring (bicyclic) bond motifs is 3. The quantitative estimate of drug-likeness (QED) is 0.253. The number of rotatable bonds is 5. The number of hydrogen-bond donors (Lipinski definition) is 0. The fourth-order valence-corrected chi connectivity index (χ4v) is 5.07. The Morgan fingerprint density at radius 2 is 2.12 bits per heavy atom. The summed E-state index contributed by atoms with van der Waals surface area (Å²) in [5, 5.41) is 4.93. The predicted octanol–water partition coefficient (Wildman–Crippen LogP) is 6.42. The Balaban J connectivity index is 1.97. The zero-order valence-corrected chi connectivity index (χ0v) is 17.6. The van der Waals surface area contributed by atoms with Crippen molar-refractivity contribution >= 4 is 19.9 Å². The van der Waals surface area contributed by atoms with Gasteiger partial charge in [-0.25, -0.2) is 0 Å². The zero-order chi connectivity index (χ0) is 18.5. The molecule has 6 heteroatoms. The van der Waals surface area contributed by atoms with Crippen LogP contribution < -0.4 is 0 Å². The molecule has 4 nitrogen and oxygen atoms in total. The second kappa shape index (κ2) is 6.31. The van der Waals surface area contributed by atoms with E-state index in [1.54, 1.807) is 0 Å². The van der Waals surface area contributed by atoms with Gasteiger partial charge in [0.1, 0.15) is 0 Å². The monoisotopic (exact) mass is 377 g/mol. The Morgan fingerprint density at radius 1 is 1.40 bits per heavy atom. The van der Waals surface area contributed by atoms with Gasteiger partial charge in [-0.15, -0.1) is 0 Å². The summed E-state index contributed by atoms with van der Waals surface area (Å²) in [5.74, 6) is 1.30. The van der Waals surface area contributed by atoms with Crippen LogP contribution in [0.5, 0.6) is 0 Å². The first-order valence-corrected chi connectivity index (χ1v) is 12.3. The fourth-order valence-electron chi connectivity index (χ4n) is 3.82. The highest BCUT2D eigenvalue weighted by Crippen LogP contribution is 2.60. The van der Waals surface area contributed by atoms with Gasteiger partial charge >= 0.3 is 0 Å². The average Bonchev–Trinajstić information content (AvgIpc) is 3.29. The van der Waals surface area contributed by atoms with Gasteiger partial charge in [0.25, 0.3) is 0 Å². The van der Waals surface area contributed by atoms with E-state index in [-0.39, 0.29) is 10.5 Å². The SMILES string of the molecule is CC(C)(C)[Si](C)(C)OC[C@@]1(CN=[N+]=[N-])C[C@@H]2C[C@@H]2c2cc(Cl)ccc21. The molecule has 136 valence electrons. The van der Waals surface area contributed by atoms with Crippen molar-refractivity contribution in [3.8, 4) is 0 Å². The maximum absolute atomic E-state index is 8.94. The number of nitrogens with zero attached hydrogens (tertiary/aromatic N) is 3. The molecule has 3 rings (SSSR count). The fraction of sp³-hybridized carbons (Fsp3) is 0.684. The van der Waals surface area contributed by atoms with Gasteiger partial charge in [0, 0.05) is 28.5 Å². The van der Waals surface area contributed by atoms with Crippen LogP contribution in [0, 0.1) is 5.92 Å². The van der Waals surface area contributed by atoms with Crippen molar-refractivity contribution in [3.05, 3.63) is 44.8 Å². The van der Waals surface area contributed by atoms with Crippen LogP contribution in [0.1, 0.15) is 50.7 Å². The van der Waals surface area contributed by atoms with Gasteiger partial charge in [0.15, 0.2) is 8.32 Å². The van der Waals surface area contributed by atoms with E-state index in [2.05, 4.69) is 56.0 Å². The summed E-state index contributed by atoms with van der Waals surface area (Å²) in [6.07, 6.45) is 2.26. The molecule has 0 unspecified atom stereocenters. The third-order valence-electron chi connectivity index (χ3n) is 6.51. The normalized spacial score (nSPS) is 27.9. The summed E-state index contributed by atoms with van der Waals surface area (Å²) in [4.78, 5) is 3.05. The van der Waals surface area contributed by atoms with Gasteiger partial charge in [-0.05, 0) is 71.6 Å². The molecule has 0 aromatic heterocycles. The van der Waals surface area contributed by atoms with E-state index in [4.69, 9.17) is 21.6 Å². The van der Waals surface area contributed by atoms with Crippen LogP contribution >= 0.6 is 11.6 Å². The Kier molecular flexibility index (Phi) is 4.74. The molecule has 3 atom stereocenters. The lowest BCUT2D eigenvalue weighted by Crippen LogP contribution is -2.47. The molecule has 0 N–H and O–H groups in total. The van der Waals surface area contributed by atoms with Crippen LogP contribution in [-0.2, 0) is 9.84 Å². The third-order valence-corrected chi connectivity index (χ3v) is 11.2. The van der Waals surface area contributed by atoms with Crippen molar-refractivity contribution in [2.24, 2.45) is 11.0 Å². The molecule has 0 saturated heterocycles. The summed E-state index contributed by atoms with van der Waals surface area (Å²) in [5.41, 5.74) is 11.3. The summed E-state index contributed by atoms with van der Waals surface area (Å²) >= 11 is 6.26. The number of hydrogen-bond acceptors (Lipinski definition) is 2. The van der Waals surface area contributed by atoms with Crippen LogP contribution in [0.2, 0.25) is 23.2 Å². The molecular weight excluding hydrogens is 350 g/mol. The van der Waals surface area contributed by atoms with E-state index < -0.39 is 8.32 Å². The topological polar surface area (TPSA) is 58.0 Å². The lowest BCUT2D eigenvalue weighted by Gasteiger charge is -2.43. The first-order valence-electron chi connectivity index (χ1n) is 9.04. The second-order valence-electron chi connectivity index (χ2n) is 9.26. The molecule has 0 radical (unpaired) electrons. The smallest absolute Gasteiger partial charge is 0.192 e. The first kappa shape index (κ1) is 18.8. The Hall–Kier alpha value is -1.00. The number of halogens is 1. The average molecular weight is 378 g/mol. The maximum atomic E-state index is 8.94. The molecule has 0 aliphatic heterocycles. The number of azide groups is 1. The Labute approximate surface area is 156 Å². The minimum absolute atomic E-state index is 0.159. The van der Waals surface area contributed by atoms with E-state index in [0.717, 1.165) is 11.4 Å². The van der Waals surface area contributed by atoms with Crippen molar-refractivity contribution in [2.45, 2.75) is 63.1 Å². The van der Waals surface area contributed by atoms with E-state index >= 15 is 0 Å². The van der Waals surface area contributed by atoms with Crippen LogP contribution in [0.15, 0.2) is 23.3 Å². The molecule has 0 heterocycles. The molecule has 0 amide bonds. The van der Waals surface area contributed by atoms with Crippen LogP contribution in [-0.4, -0.2) is 21.5 Å². The standard InChI is InChI=1S/C19H28ClN3OSi/c1-18(2,3)25(4,5)24-12-19(11-22-23-21)10-13-8-15(13)16-9-14(20)6-7-17(16)19/h6-7,9,13,15H,8,10-12H2,1-5H3/t13-,15-,19-/m0/s1. The van der Waals surface area contributed by atoms with Crippen molar-refractivity contribution in [1.29, 1.82) is 0 Å². The summed E-state index contributed by atoms with van der Waals surface area (Å²) in [7, 11) is -1.88. The largest absolute Gasteiger partial charge is 0.416 e. The molecule has 1 saturated carbocycles. The summed E-state index contributed by atoms with van der Waals surface area (Å²) < 4.78 is 6.61. The molecule has 1 aromatic rings. The Bertz CT molecular complexity index is 724. The van der Waals surface area contributed by atoms with Crippen molar-refractivity contribution < 1.29 is 4.43 Å². The first-order chi connectivity index (χ1) is 11.6. The highest BCUT2D eigenvalue weighted by molar-refractivity contribution is 6.74. The van der Waals surface area contributed by atoms with Gasteiger partial charge in [-0.1, -0.05) is 43.6 Å². The van der Waals surface area contributed by atoms with Gasteiger partial charge in [-0.2, -0.15) is 0 Å².